The summed E-state index contributed by atoms with van der Waals surface area (Å²) in [6.07, 6.45) is 0.348. The molecule has 2 aromatic carbocycles. The first-order valence-corrected chi connectivity index (χ1v) is 11.8. The molecule has 0 radical (unpaired) electrons. The first-order chi connectivity index (χ1) is 14.8. The molecule has 0 saturated carbocycles. The lowest BCUT2D eigenvalue weighted by Gasteiger charge is -2.28. The number of fused-ring (bicyclic) bond motifs is 1. The second-order valence-electron chi connectivity index (χ2n) is 7.81. The van der Waals surface area contributed by atoms with E-state index in [0.29, 0.717) is 23.1 Å². The molecule has 0 unspecified atom stereocenters. The highest BCUT2D eigenvalue weighted by molar-refractivity contribution is 7.91. The highest BCUT2D eigenvalue weighted by atomic mass is 32.2. The number of hydrogen-bond donors (Lipinski definition) is 0. The number of ether oxygens (including phenoxy) is 1. The van der Waals surface area contributed by atoms with Crippen LogP contribution in [0, 0.1) is 6.92 Å². The topological polar surface area (TPSA) is 93.9 Å². The molecular weight excluding hydrogens is 418 g/mol. The fourth-order valence-corrected chi connectivity index (χ4v) is 5.56. The van der Waals surface area contributed by atoms with Gasteiger partial charge in [-0.15, -0.1) is 0 Å². The molecule has 8 heteroatoms. The van der Waals surface area contributed by atoms with E-state index >= 15 is 0 Å². The highest BCUT2D eigenvalue weighted by Crippen LogP contribution is 2.24. The van der Waals surface area contributed by atoms with E-state index in [4.69, 9.17) is 9.15 Å². The van der Waals surface area contributed by atoms with Crippen LogP contribution in [0.25, 0.3) is 11.0 Å². The van der Waals surface area contributed by atoms with Crippen LogP contribution in [0.1, 0.15) is 28.1 Å². The van der Waals surface area contributed by atoms with Gasteiger partial charge >= 0.3 is 0 Å². The van der Waals surface area contributed by atoms with Crippen LogP contribution in [0.2, 0.25) is 0 Å². The van der Waals surface area contributed by atoms with Crippen molar-refractivity contribution in [3.63, 3.8) is 0 Å². The SMILES string of the molecule is COc1ccc(CN(C(=O)c2cc(=O)c3cc(C)ccc3o2)[C@H]2CCS(=O)(=O)C2)cc1. The van der Waals surface area contributed by atoms with Gasteiger partial charge in [-0.2, -0.15) is 0 Å². The molecule has 0 spiro atoms. The van der Waals surface area contributed by atoms with Gasteiger partial charge in [0, 0.05) is 18.7 Å². The predicted octanol–water partition coefficient (Wildman–Crippen LogP) is 2.94. The van der Waals surface area contributed by atoms with Gasteiger partial charge in [-0.25, -0.2) is 8.42 Å². The van der Waals surface area contributed by atoms with Crippen molar-refractivity contribution in [1.29, 1.82) is 0 Å². The molecule has 1 atom stereocenters. The first-order valence-electron chi connectivity index (χ1n) is 9.94. The highest BCUT2D eigenvalue weighted by Gasteiger charge is 2.36. The van der Waals surface area contributed by atoms with Crippen molar-refractivity contribution in [3.05, 3.63) is 75.6 Å². The van der Waals surface area contributed by atoms with Crippen molar-refractivity contribution in [1.82, 2.24) is 4.90 Å². The number of sulfone groups is 1. The lowest BCUT2D eigenvalue weighted by Crippen LogP contribution is -2.40. The third kappa shape index (κ3) is 4.49. The fourth-order valence-electron chi connectivity index (χ4n) is 3.83. The van der Waals surface area contributed by atoms with E-state index in [1.165, 1.54) is 11.0 Å². The Balaban J connectivity index is 1.71. The van der Waals surface area contributed by atoms with E-state index in [-0.39, 0.29) is 29.2 Å². The molecule has 2 heterocycles. The molecule has 4 rings (SSSR count). The number of carbonyl (C=O) groups is 1. The molecular formula is C23H23NO6S. The van der Waals surface area contributed by atoms with E-state index < -0.39 is 21.8 Å². The number of carbonyl (C=O) groups excluding carboxylic acids is 1. The van der Waals surface area contributed by atoms with Crippen molar-refractivity contribution >= 4 is 26.7 Å². The minimum atomic E-state index is -3.21. The van der Waals surface area contributed by atoms with Gasteiger partial charge in [-0.05, 0) is 43.2 Å². The Morgan fingerprint density at radius 3 is 2.55 bits per heavy atom. The average molecular weight is 442 g/mol. The molecule has 3 aromatic rings. The second-order valence-corrected chi connectivity index (χ2v) is 10.0. The quantitative estimate of drug-likeness (QED) is 0.604. The molecule has 0 bridgehead atoms. The second kappa shape index (κ2) is 8.19. The third-order valence-corrected chi connectivity index (χ3v) is 7.27. The van der Waals surface area contributed by atoms with E-state index in [9.17, 15) is 18.0 Å². The summed E-state index contributed by atoms with van der Waals surface area (Å²) in [5.41, 5.74) is 1.75. The number of aryl methyl sites for hydroxylation is 1. The van der Waals surface area contributed by atoms with Gasteiger partial charge in [0.1, 0.15) is 11.3 Å². The number of hydrogen-bond acceptors (Lipinski definition) is 6. The summed E-state index contributed by atoms with van der Waals surface area (Å²) in [5.74, 6) is 0.00855. The summed E-state index contributed by atoms with van der Waals surface area (Å²) in [6.45, 7) is 2.06. The van der Waals surface area contributed by atoms with Crippen LogP contribution in [-0.2, 0) is 16.4 Å². The Hall–Kier alpha value is -3.13. The lowest BCUT2D eigenvalue weighted by molar-refractivity contribution is 0.0648. The fraction of sp³-hybridized carbons (Fsp3) is 0.304. The van der Waals surface area contributed by atoms with E-state index in [0.717, 1.165) is 11.1 Å². The molecule has 0 aliphatic carbocycles. The lowest BCUT2D eigenvalue weighted by atomic mass is 10.1. The zero-order chi connectivity index (χ0) is 22.2. The molecule has 1 saturated heterocycles. The number of methoxy groups -OCH3 is 1. The van der Waals surface area contributed by atoms with E-state index in [2.05, 4.69) is 0 Å². The average Bonchev–Trinajstić information content (AvgIpc) is 3.11. The van der Waals surface area contributed by atoms with Crippen molar-refractivity contribution in [2.75, 3.05) is 18.6 Å². The van der Waals surface area contributed by atoms with Crippen molar-refractivity contribution < 1.29 is 22.4 Å². The van der Waals surface area contributed by atoms with E-state index in [1.54, 1.807) is 37.4 Å². The molecule has 31 heavy (non-hydrogen) atoms. The van der Waals surface area contributed by atoms with Crippen LogP contribution in [0.3, 0.4) is 0 Å². The Labute approximate surface area is 180 Å². The molecule has 1 aliphatic rings. The van der Waals surface area contributed by atoms with Gasteiger partial charge in [0.2, 0.25) is 0 Å². The summed E-state index contributed by atoms with van der Waals surface area (Å²) < 4.78 is 35.1. The minimum absolute atomic E-state index is 0.0327. The van der Waals surface area contributed by atoms with Crippen molar-refractivity contribution in [3.8, 4) is 5.75 Å². The normalized spacial score (nSPS) is 17.5. The van der Waals surface area contributed by atoms with Crippen LogP contribution in [-0.4, -0.2) is 43.9 Å². The zero-order valence-corrected chi connectivity index (χ0v) is 18.1. The summed E-state index contributed by atoms with van der Waals surface area (Å²) in [4.78, 5) is 27.5. The Bertz CT molecular complexity index is 1290. The Morgan fingerprint density at radius 2 is 1.90 bits per heavy atom. The monoisotopic (exact) mass is 441 g/mol. The number of nitrogens with zero attached hydrogens (tertiary/aromatic N) is 1. The van der Waals surface area contributed by atoms with Crippen molar-refractivity contribution in [2.45, 2.75) is 25.9 Å². The number of benzene rings is 2. The van der Waals surface area contributed by atoms with Crippen LogP contribution in [0.15, 0.2) is 57.7 Å². The van der Waals surface area contributed by atoms with Gasteiger partial charge in [0.15, 0.2) is 21.0 Å². The van der Waals surface area contributed by atoms with Crippen LogP contribution in [0.4, 0.5) is 0 Å². The molecule has 1 aliphatic heterocycles. The van der Waals surface area contributed by atoms with Gasteiger partial charge in [0.05, 0.1) is 24.0 Å². The van der Waals surface area contributed by atoms with Gasteiger partial charge < -0.3 is 14.1 Å². The zero-order valence-electron chi connectivity index (χ0n) is 17.3. The molecule has 7 nitrogen and oxygen atoms in total. The largest absolute Gasteiger partial charge is 0.497 e. The van der Waals surface area contributed by atoms with Crippen LogP contribution < -0.4 is 10.2 Å². The van der Waals surface area contributed by atoms with E-state index in [1.807, 2.05) is 19.1 Å². The maximum absolute atomic E-state index is 13.4. The third-order valence-electron chi connectivity index (χ3n) is 5.52. The first kappa shape index (κ1) is 21.1. The number of rotatable bonds is 5. The molecule has 1 fully saturated rings. The molecule has 1 aromatic heterocycles. The Kier molecular flexibility index (Phi) is 5.58. The standard InChI is InChI=1S/C23H23NO6S/c1-15-3-8-21-19(11-15)20(25)12-22(30-21)23(26)24(17-9-10-31(27,28)14-17)13-16-4-6-18(29-2)7-5-16/h3-8,11-12,17H,9-10,13-14H2,1-2H3/t17-/m0/s1. The van der Waals surface area contributed by atoms with Gasteiger partial charge in [0.25, 0.3) is 5.91 Å². The van der Waals surface area contributed by atoms with Crippen molar-refractivity contribution in [2.24, 2.45) is 0 Å². The summed E-state index contributed by atoms with van der Waals surface area (Å²) in [7, 11) is -1.65. The summed E-state index contributed by atoms with van der Waals surface area (Å²) >= 11 is 0. The minimum Gasteiger partial charge on any atom is -0.497 e. The van der Waals surface area contributed by atoms with Gasteiger partial charge in [-0.3, -0.25) is 9.59 Å². The van der Waals surface area contributed by atoms with Crippen LogP contribution in [0.5, 0.6) is 5.75 Å². The molecule has 0 N–H and O–H groups in total. The number of amides is 1. The van der Waals surface area contributed by atoms with Gasteiger partial charge in [-0.1, -0.05) is 23.8 Å². The smallest absolute Gasteiger partial charge is 0.290 e. The maximum atomic E-state index is 13.4. The maximum Gasteiger partial charge on any atom is 0.290 e. The van der Waals surface area contributed by atoms with Crippen LogP contribution >= 0.6 is 0 Å². The summed E-state index contributed by atoms with van der Waals surface area (Å²) in [5, 5.41) is 0.404. The Morgan fingerprint density at radius 1 is 1.16 bits per heavy atom. The molecule has 1 amide bonds. The summed E-state index contributed by atoms with van der Waals surface area (Å²) in [6, 6.07) is 13.1. The predicted molar refractivity (Wildman–Crippen MR) is 117 cm³/mol. The molecule has 162 valence electrons.